The molecule has 1 aliphatic rings. The monoisotopic (exact) mass is 423 g/mol. The SMILES string of the molecule is CCC(C)(C)C1CCc2sc3ncnc(N/N=C\c4ccc([N+](=O)[O-])cc4)c3c2C1. The second-order valence-electron chi connectivity index (χ2n) is 8.41. The molecule has 1 aromatic carbocycles. The van der Waals surface area contributed by atoms with Crippen molar-refractivity contribution in [2.75, 3.05) is 5.43 Å². The summed E-state index contributed by atoms with van der Waals surface area (Å²) in [4.78, 5) is 21.7. The van der Waals surface area contributed by atoms with Crippen LogP contribution in [0.1, 0.15) is 49.6 Å². The molecule has 0 amide bonds. The van der Waals surface area contributed by atoms with Crippen LogP contribution in [0.5, 0.6) is 0 Å². The van der Waals surface area contributed by atoms with E-state index < -0.39 is 4.92 Å². The third-order valence-corrected chi connectivity index (χ3v) is 7.55. The standard InChI is InChI=1S/C22H25N5O2S/c1-4-22(2,3)15-7-10-18-17(11-15)19-20(23-13-24-21(19)30-18)26-25-12-14-5-8-16(9-6-14)27(28)29/h5-6,8-9,12-13,15H,4,7,10-11H2,1-3H3,(H,23,24,26)/b25-12-. The van der Waals surface area contributed by atoms with E-state index in [1.165, 1.54) is 29.0 Å². The molecule has 1 N–H and O–H groups in total. The van der Waals surface area contributed by atoms with Crippen LogP contribution in [0.2, 0.25) is 0 Å². The van der Waals surface area contributed by atoms with E-state index >= 15 is 0 Å². The molecule has 0 saturated heterocycles. The number of hydrogen-bond donors (Lipinski definition) is 1. The Morgan fingerprint density at radius 2 is 2.10 bits per heavy atom. The Balaban J connectivity index is 1.59. The Labute approximate surface area is 179 Å². The first kappa shape index (κ1) is 20.4. The zero-order valence-electron chi connectivity index (χ0n) is 17.4. The van der Waals surface area contributed by atoms with E-state index in [-0.39, 0.29) is 5.69 Å². The van der Waals surface area contributed by atoms with Crippen LogP contribution in [0.25, 0.3) is 10.2 Å². The number of anilines is 1. The van der Waals surface area contributed by atoms with Gasteiger partial charge in [0, 0.05) is 17.0 Å². The summed E-state index contributed by atoms with van der Waals surface area (Å²) >= 11 is 1.76. The number of aryl methyl sites for hydroxylation is 1. The highest BCUT2D eigenvalue weighted by molar-refractivity contribution is 7.19. The van der Waals surface area contributed by atoms with E-state index in [1.54, 1.807) is 36.0 Å². The molecule has 1 unspecified atom stereocenters. The van der Waals surface area contributed by atoms with Crippen LogP contribution in [-0.4, -0.2) is 21.1 Å². The van der Waals surface area contributed by atoms with E-state index in [0.29, 0.717) is 17.2 Å². The molecule has 2 aromatic heterocycles. The van der Waals surface area contributed by atoms with Crippen molar-refractivity contribution >= 4 is 39.3 Å². The number of hydrazone groups is 1. The molecule has 3 aromatic rings. The van der Waals surface area contributed by atoms with E-state index in [4.69, 9.17) is 0 Å². The normalized spacial score (nSPS) is 16.7. The molecule has 156 valence electrons. The number of nitro benzene ring substituents is 1. The van der Waals surface area contributed by atoms with Gasteiger partial charge in [-0.2, -0.15) is 5.10 Å². The molecule has 30 heavy (non-hydrogen) atoms. The fourth-order valence-electron chi connectivity index (χ4n) is 4.00. The van der Waals surface area contributed by atoms with E-state index in [1.807, 2.05) is 0 Å². The highest BCUT2D eigenvalue weighted by Crippen LogP contribution is 2.45. The first-order valence-electron chi connectivity index (χ1n) is 10.2. The number of aromatic nitrogens is 2. The minimum Gasteiger partial charge on any atom is -0.261 e. The first-order chi connectivity index (χ1) is 14.4. The lowest BCUT2D eigenvalue weighted by Crippen LogP contribution is -2.28. The largest absolute Gasteiger partial charge is 0.269 e. The molecule has 8 heteroatoms. The fourth-order valence-corrected chi connectivity index (χ4v) is 5.18. The van der Waals surface area contributed by atoms with Gasteiger partial charge in [0.2, 0.25) is 0 Å². The minimum absolute atomic E-state index is 0.0621. The number of hydrogen-bond acceptors (Lipinski definition) is 7. The van der Waals surface area contributed by atoms with Crippen LogP contribution in [0.4, 0.5) is 11.5 Å². The number of nitro groups is 1. The molecule has 7 nitrogen and oxygen atoms in total. The molecule has 1 aliphatic carbocycles. The Morgan fingerprint density at radius 1 is 1.33 bits per heavy atom. The van der Waals surface area contributed by atoms with Gasteiger partial charge in [0.05, 0.1) is 16.5 Å². The van der Waals surface area contributed by atoms with Crippen molar-refractivity contribution in [2.45, 2.75) is 46.5 Å². The predicted molar refractivity (Wildman–Crippen MR) is 121 cm³/mol. The van der Waals surface area contributed by atoms with E-state index in [2.05, 4.69) is 41.3 Å². The average molecular weight is 424 g/mol. The van der Waals surface area contributed by atoms with Gasteiger partial charge in [-0.05, 0) is 53.9 Å². The zero-order valence-corrected chi connectivity index (χ0v) is 18.2. The smallest absolute Gasteiger partial charge is 0.261 e. The van der Waals surface area contributed by atoms with Crippen molar-refractivity contribution in [3.63, 3.8) is 0 Å². The summed E-state index contributed by atoms with van der Waals surface area (Å²) in [6.07, 6.45) is 7.73. The Morgan fingerprint density at radius 3 is 2.80 bits per heavy atom. The number of nitrogens with zero attached hydrogens (tertiary/aromatic N) is 4. The molecule has 0 saturated carbocycles. The lowest BCUT2D eigenvalue weighted by atomic mass is 9.69. The average Bonchev–Trinajstić information content (AvgIpc) is 3.12. The summed E-state index contributed by atoms with van der Waals surface area (Å²) in [5.74, 6) is 1.36. The molecule has 0 radical (unpaired) electrons. The maximum absolute atomic E-state index is 10.8. The lowest BCUT2D eigenvalue weighted by molar-refractivity contribution is -0.384. The Kier molecular flexibility index (Phi) is 5.51. The molecule has 1 atom stereocenters. The number of rotatable bonds is 6. The van der Waals surface area contributed by atoms with Crippen molar-refractivity contribution < 1.29 is 4.92 Å². The molecule has 4 rings (SSSR count). The van der Waals surface area contributed by atoms with Crippen LogP contribution in [-0.2, 0) is 12.8 Å². The third-order valence-electron chi connectivity index (χ3n) is 6.35. The van der Waals surface area contributed by atoms with Crippen molar-refractivity contribution in [1.29, 1.82) is 0 Å². The van der Waals surface area contributed by atoms with Crippen LogP contribution in [0, 0.1) is 21.4 Å². The van der Waals surface area contributed by atoms with Crippen LogP contribution in [0.15, 0.2) is 35.7 Å². The van der Waals surface area contributed by atoms with Crippen LogP contribution in [0.3, 0.4) is 0 Å². The Bertz CT molecular complexity index is 1100. The Hall–Kier alpha value is -2.87. The van der Waals surface area contributed by atoms with Crippen molar-refractivity contribution in [3.05, 3.63) is 56.7 Å². The summed E-state index contributed by atoms with van der Waals surface area (Å²) in [5.41, 5.74) is 5.58. The summed E-state index contributed by atoms with van der Waals surface area (Å²) < 4.78 is 0. The molecule has 0 bridgehead atoms. The van der Waals surface area contributed by atoms with Gasteiger partial charge in [0.15, 0.2) is 5.82 Å². The topological polar surface area (TPSA) is 93.3 Å². The molecular weight excluding hydrogens is 398 g/mol. The molecule has 0 spiro atoms. The maximum Gasteiger partial charge on any atom is 0.269 e. The van der Waals surface area contributed by atoms with Gasteiger partial charge in [-0.3, -0.25) is 15.5 Å². The zero-order chi connectivity index (χ0) is 21.3. The molecular formula is C22H25N5O2S. The number of fused-ring (bicyclic) bond motifs is 3. The lowest BCUT2D eigenvalue weighted by Gasteiger charge is -2.36. The summed E-state index contributed by atoms with van der Waals surface area (Å²) in [7, 11) is 0. The highest BCUT2D eigenvalue weighted by Gasteiger charge is 2.33. The highest BCUT2D eigenvalue weighted by atomic mass is 32.1. The summed E-state index contributed by atoms with van der Waals surface area (Å²) in [6.45, 7) is 6.99. The summed E-state index contributed by atoms with van der Waals surface area (Å²) in [5, 5.41) is 16.2. The number of benzene rings is 1. The molecule has 0 aliphatic heterocycles. The quantitative estimate of drug-likeness (QED) is 0.317. The van der Waals surface area contributed by atoms with Crippen molar-refractivity contribution in [2.24, 2.45) is 16.4 Å². The molecule has 2 heterocycles. The van der Waals surface area contributed by atoms with Gasteiger partial charge in [0.25, 0.3) is 5.69 Å². The van der Waals surface area contributed by atoms with Gasteiger partial charge in [-0.25, -0.2) is 9.97 Å². The van der Waals surface area contributed by atoms with Crippen LogP contribution >= 0.6 is 11.3 Å². The predicted octanol–water partition coefficient (Wildman–Crippen LogP) is 5.59. The fraction of sp³-hybridized carbons (Fsp3) is 0.409. The second kappa shape index (κ2) is 8.10. The van der Waals surface area contributed by atoms with Gasteiger partial charge in [-0.1, -0.05) is 27.2 Å². The number of non-ortho nitro benzene ring substituents is 1. The van der Waals surface area contributed by atoms with Crippen LogP contribution < -0.4 is 5.43 Å². The van der Waals surface area contributed by atoms with E-state index in [9.17, 15) is 10.1 Å². The minimum atomic E-state index is -0.413. The van der Waals surface area contributed by atoms with Crippen molar-refractivity contribution in [1.82, 2.24) is 9.97 Å². The maximum atomic E-state index is 10.8. The number of thiophene rings is 1. The third kappa shape index (κ3) is 3.92. The first-order valence-corrected chi connectivity index (χ1v) is 11.0. The molecule has 0 fully saturated rings. The van der Waals surface area contributed by atoms with E-state index in [0.717, 1.165) is 35.0 Å². The van der Waals surface area contributed by atoms with Gasteiger partial charge < -0.3 is 0 Å². The van der Waals surface area contributed by atoms with Gasteiger partial charge in [0.1, 0.15) is 11.2 Å². The van der Waals surface area contributed by atoms with Gasteiger partial charge in [-0.15, -0.1) is 11.3 Å². The van der Waals surface area contributed by atoms with Crippen molar-refractivity contribution in [3.8, 4) is 0 Å². The summed E-state index contributed by atoms with van der Waals surface area (Å²) in [6, 6.07) is 6.27. The second-order valence-corrected chi connectivity index (χ2v) is 9.49. The van der Waals surface area contributed by atoms with Gasteiger partial charge >= 0.3 is 0 Å². The number of nitrogens with one attached hydrogen (secondary N) is 1.